The van der Waals surface area contributed by atoms with E-state index in [2.05, 4.69) is 15.6 Å². The fourth-order valence-corrected chi connectivity index (χ4v) is 6.11. The standard InChI is InChI=1S/C32H43FN4O7S/c1-19-26(45-18-35-19)20-9-10-21(24(14-20)44-13-7-5-6-8-25(39)40)16-34-28(41)23-15-22(38)17-37(23)29(42)27(31(2,3)4)36-30(43)32(33)11-12-32/h9-10,14,18,22-23,27,38H,5-8,11-13,15-17H2,1-4H3,(H,34,41)(H,36,43)(H,39,40)/t22-,23+,27-/m1/s1. The summed E-state index contributed by atoms with van der Waals surface area (Å²) in [6, 6.07) is 3.61. The van der Waals surface area contributed by atoms with Crippen LogP contribution in [0, 0.1) is 12.3 Å². The molecule has 11 nitrogen and oxygen atoms in total. The summed E-state index contributed by atoms with van der Waals surface area (Å²) in [7, 11) is 0. The van der Waals surface area contributed by atoms with Crippen molar-refractivity contribution in [3.8, 4) is 16.2 Å². The van der Waals surface area contributed by atoms with E-state index in [1.54, 1.807) is 26.3 Å². The third-order valence-corrected chi connectivity index (χ3v) is 9.15. The number of aromatic nitrogens is 1. The molecule has 2 fully saturated rings. The Bertz CT molecular complexity index is 1400. The Labute approximate surface area is 266 Å². The number of carbonyl (C=O) groups is 4. The number of carboxylic acids is 1. The summed E-state index contributed by atoms with van der Waals surface area (Å²) in [6.07, 6.45) is 1.33. The highest BCUT2D eigenvalue weighted by Gasteiger charge is 2.53. The first-order valence-corrected chi connectivity index (χ1v) is 16.2. The van der Waals surface area contributed by atoms with Gasteiger partial charge in [0.05, 0.1) is 28.8 Å². The van der Waals surface area contributed by atoms with Crippen LogP contribution >= 0.6 is 11.3 Å². The van der Waals surface area contributed by atoms with E-state index in [0.29, 0.717) is 37.2 Å². The highest BCUT2D eigenvalue weighted by atomic mass is 32.1. The highest BCUT2D eigenvalue weighted by molar-refractivity contribution is 7.13. The smallest absolute Gasteiger partial charge is 0.303 e. The minimum atomic E-state index is -1.96. The van der Waals surface area contributed by atoms with Crippen molar-refractivity contribution >= 4 is 35.0 Å². The first kappa shape index (κ1) is 34.3. The second-order valence-corrected chi connectivity index (χ2v) is 13.8. The number of hydrogen-bond donors (Lipinski definition) is 4. The molecule has 4 N–H and O–H groups in total. The van der Waals surface area contributed by atoms with Gasteiger partial charge in [0, 0.05) is 31.5 Å². The van der Waals surface area contributed by atoms with Crippen LogP contribution in [-0.2, 0) is 25.7 Å². The second kappa shape index (κ2) is 14.2. The zero-order valence-electron chi connectivity index (χ0n) is 26.2. The number of benzene rings is 1. The molecular weight excluding hydrogens is 603 g/mol. The summed E-state index contributed by atoms with van der Waals surface area (Å²) in [6.45, 7) is 7.54. The summed E-state index contributed by atoms with van der Waals surface area (Å²) in [4.78, 5) is 57.1. The topological polar surface area (TPSA) is 158 Å². The number of nitrogens with zero attached hydrogens (tertiary/aromatic N) is 2. The number of amides is 3. The number of halogens is 1. The van der Waals surface area contributed by atoms with Crippen LogP contribution in [0.5, 0.6) is 5.75 Å². The van der Waals surface area contributed by atoms with E-state index in [1.165, 1.54) is 16.2 Å². The van der Waals surface area contributed by atoms with Gasteiger partial charge in [-0.05, 0) is 56.1 Å². The number of rotatable bonds is 14. The number of carboxylic acid groups (broad SMARTS) is 1. The van der Waals surface area contributed by atoms with Crippen LogP contribution in [0.25, 0.3) is 10.4 Å². The number of aliphatic carboxylic acids is 1. The van der Waals surface area contributed by atoms with Crippen LogP contribution < -0.4 is 15.4 Å². The molecule has 246 valence electrons. The predicted molar refractivity (Wildman–Crippen MR) is 166 cm³/mol. The predicted octanol–water partition coefficient (Wildman–Crippen LogP) is 3.75. The minimum Gasteiger partial charge on any atom is -0.493 e. The molecule has 0 spiro atoms. The lowest BCUT2D eigenvalue weighted by atomic mass is 9.85. The number of thiazole rings is 1. The van der Waals surface area contributed by atoms with E-state index in [-0.39, 0.29) is 38.8 Å². The number of alkyl halides is 1. The Kier molecular flexibility index (Phi) is 10.9. The summed E-state index contributed by atoms with van der Waals surface area (Å²) >= 11 is 1.50. The van der Waals surface area contributed by atoms with Crippen molar-refractivity contribution in [1.82, 2.24) is 20.5 Å². The molecule has 0 bridgehead atoms. The van der Waals surface area contributed by atoms with Gasteiger partial charge in [-0.25, -0.2) is 9.37 Å². The molecule has 1 aromatic carbocycles. The van der Waals surface area contributed by atoms with Crippen molar-refractivity contribution in [2.75, 3.05) is 13.2 Å². The molecule has 2 aromatic rings. The molecule has 0 unspecified atom stereocenters. The van der Waals surface area contributed by atoms with Gasteiger partial charge in [-0.3, -0.25) is 19.2 Å². The van der Waals surface area contributed by atoms with Gasteiger partial charge in [-0.1, -0.05) is 32.9 Å². The number of aliphatic hydroxyl groups excluding tert-OH is 1. The normalized spacial score (nSPS) is 19.6. The van der Waals surface area contributed by atoms with Gasteiger partial charge in [0.2, 0.25) is 11.8 Å². The summed E-state index contributed by atoms with van der Waals surface area (Å²) in [5.74, 6) is -2.11. The maximum atomic E-state index is 14.5. The van der Waals surface area contributed by atoms with E-state index in [4.69, 9.17) is 9.84 Å². The molecule has 1 saturated heterocycles. The molecule has 45 heavy (non-hydrogen) atoms. The molecule has 2 aliphatic rings. The van der Waals surface area contributed by atoms with E-state index < -0.39 is 53.0 Å². The van der Waals surface area contributed by atoms with Crippen molar-refractivity contribution in [2.24, 2.45) is 5.41 Å². The lowest BCUT2D eigenvalue weighted by Gasteiger charge is -2.35. The molecule has 1 aliphatic carbocycles. The van der Waals surface area contributed by atoms with Gasteiger partial charge < -0.3 is 30.5 Å². The Morgan fingerprint density at radius 3 is 2.56 bits per heavy atom. The van der Waals surface area contributed by atoms with Crippen molar-refractivity contribution in [1.29, 1.82) is 0 Å². The largest absolute Gasteiger partial charge is 0.493 e. The second-order valence-electron chi connectivity index (χ2n) is 13.0. The van der Waals surface area contributed by atoms with Crippen molar-refractivity contribution in [3.63, 3.8) is 0 Å². The molecule has 4 rings (SSSR count). The van der Waals surface area contributed by atoms with Crippen LogP contribution in [-0.4, -0.2) is 80.8 Å². The minimum absolute atomic E-state index is 0.0265. The van der Waals surface area contributed by atoms with E-state index in [0.717, 1.165) is 16.1 Å². The molecule has 3 amide bonds. The number of hydrogen-bond acceptors (Lipinski definition) is 8. The van der Waals surface area contributed by atoms with Gasteiger partial charge in [0.1, 0.15) is 17.8 Å². The molecule has 1 aliphatic heterocycles. The molecule has 1 aromatic heterocycles. The number of ether oxygens (including phenoxy) is 1. The lowest BCUT2D eigenvalue weighted by molar-refractivity contribution is -0.145. The van der Waals surface area contributed by atoms with E-state index in [9.17, 15) is 28.7 Å². The monoisotopic (exact) mass is 646 g/mol. The third kappa shape index (κ3) is 8.78. The molecule has 2 heterocycles. The van der Waals surface area contributed by atoms with Crippen LogP contribution in [0.15, 0.2) is 23.7 Å². The van der Waals surface area contributed by atoms with Crippen molar-refractivity contribution in [2.45, 2.75) is 103 Å². The number of nitrogens with one attached hydrogen (secondary N) is 2. The van der Waals surface area contributed by atoms with Crippen molar-refractivity contribution in [3.05, 3.63) is 35.0 Å². The average molecular weight is 647 g/mol. The fourth-order valence-electron chi connectivity index (χ4n) is 5.31. The van der Waals surface area contributed by atoms with Crippen LogP contribution in [0.3, 0.4) is 0 Å². The summed E-state index contributed by atoms with van der Waals surface area (Å²) in [5, 5.41) is 24.8. The molecule has 0 radical (unpaired) electrons. The maximum Gasteiger partial charge on any atom is 0.303 e. The Morgan fingerprint density at radius 2 is 1.93 bits per heavy atom. The average Bonchev–Trinajstić information content (AvgIpc) is 3.38. The molecule has 3 atom stereocenters. The number of aryl methyl sites for hydroxylation is 1. The Morgan fingerprint density at radius 1 is 1.20 bits per heavy atom. The van der Waals surface area contributed by atoms with Gasteiger partial charge in [-0.15, -0.1) is 11.3 Å². The maximum absolute atomic E-state index is 14.5. The van der Waals surface area contributed by atoms with Gasteiger partial charge in [-0.2, -0.15) is 0 Å². The van der Waals surface area contributed by atoms with Crippen molar-refractivity contribution < 1.29 is 38.5 Å². The van der Waals surface area contributed by atoms with E-state index in [1.807, 2.05) is 25.1 Å². The SMILES string of the molecule is Cc1ncsc1-c1ccc(CNC(=O)[C@@H]2C[C@@H](O)CN2C(=O)[C@@H](NC(=O)C2(F)CC2)C(C)(C)C)c(OCCCCCC(=O)O)c1. The molecular formula is C32H43FN4O7S. The van der Waals surface area contributed by atoms with E-state index >= 15 is 0 Å². The zero-order chi connectivity index (χ0) is 32.9. The number of β-amino-alcohol motifs (C(OH)–C–C–N with tert-alkyl or cyclic N) is 1. The molecule has 13 heteroatoms. The van der Waals surface area contributed by atoms with Crippen LogP contribution in [0.1, 0.15) is 77.0 Å². The third-order valence-electron chi connectivity index (χ3n) is 8.17. The Balaban J connectivity index is 1.46. The summed E-state index contributed by atoms with van der Waals surface area (Å²) < 4.78 is 20.6. The molecule has 1 saturated carbocycles. The van der Waals surface area contributed by atoms with Gasteiger partial charge >= 0.3 is 5.97 Å². The lowest BCUT2D eigenvalue weighted by Crippen LogP contribution is -2.59. The van der Waals surface area contributed by atoms with Gasteiger partial charge in [0.25, 0.3) is 5.91 Å². The number of unbranched alkanes of at least 4 members (excludes halogenated alkanes) is 2. The first-order chi connectivity index (χ1) is 21.2. The fraction of sp³-hybridized carbons (Fsp3) is 0.594. The number of likely N-dealkylation sites (tertiary alicyclic amines) is 1. The van der Waals surface area contributed by atoms with Gasteiger partial charge in [0.15, 0.2) is 5.67 Å². The highest BCUT2D eigenvalue weighted by Crippen LogP contribution is 2.40. The Hall–Kier alpha value is -3.58. The number of aliphatic hydroxyl groups is 1. The van der Waals surface area contributed by atoms with Crippen LogP contribution in [0.2, 0.25) is 0 Å². The summed E-state index contributed by atoms with van der Waals surface area (Å²) in [5.41, 5.74) is 1.53. The number of carbonyl (C=O) groups excluding carboxylic acids is 3. The van der Waals surface area contributed by atoms with Crippen LogP contribution in [0.4, 0.5) is 4.39 Å². The zero-order valence-corrected chi connectivity index (χ0v) is 27.0. The first-order valence-electron chi connectivity index (χ1n) is 15.3. The quantitative estimate of drug-likeness (QED) is 0.226.